The van der Waals surface area contributed by atoms with Crippen LogP contribution in [0, 0.1) is 5.92 Å². The molecule has 3 N–H and O–H groups in total. The molecule has 122 valence electrons. The second kappa shape index (κ2) is 7.96. The first kappa shape index (κ1) is 18.2. The molecule has 5 nitrogen and oxygen atoms in total. The molecule has 22 heavy (non-hydrogen) atoms. The van der Waals surface area contributed by atoms with E-state index >= 15 is 0 Å². The summed E-state index contributed by atoms with van der Waals surface area (Å²) in [6, 6.07) is 2.28. The van der Waals surface area contributed by atoms with Crippen LogP contribution < -0.4 is 5.63 Å². The summed E-state index contributed by atoms with van der Waals surface area (Å²) in [6.07, 6.45) is 3.62. The fraction of sp³-hybridized carbons (Fsp3) is 0.471. The summed E-state index contributed by atoms with van der Waals surface area (Å²) in [6.45, 7) is 7.23. The molecule has 0 aliphatic heterocycles. The number of aliphatic hydroxyl groups excluding tert-OH is 2. The zero-order valence-corrected chi connectivity index (χ0v) is 13.4. The van der Waals surface area contributed by atoms with Crippen LogP contribution in [0.1, 0.15) is 39.4 Å². The van der Waals surface area contributed by atoms with Crippen molar-refractivity contribution in [2.24, 2.45) is 5.92 Å². The average Bonchev–Trinajstić information content (AvgIpc) is 2.48. The van der Waals surface area contributed by atoms with Gasteiger partial charge in [0.1, 0.15) is 11.5 Å². The Morgan fingerprint density at radius 1 is 1.23 bits per heavy atom. The van der Waals surface area contributed by atoms with Crippen molar-refractivity contribution in [2.75, 3.05) is 0 Å². The van der Waals surface area contributed by atoms with Crippen molar-refractivity contribution in [1.29, 1.82) is 0 Å². The van der Waals surface area contributed by atoms with Crippen LogP contribution in [0.4, 0.5) is 0 Å². The van der Waals surface area contributed by atoms with Crippen LogP contribution in [0.25, 0.3) is 0 Å². The first-order valence-corrected chi connectivity index (χ1v) is 7.27. The highest BCUT2D eigenvalue weighted by Crippen LogP contribution is 2.23. The van der Waals surface area contributed by atoms with Gasteiger partial charge in [0.25, 0.3) is 0 Å². The Bertz CT molecular complexity index is 599. The van der Waals surface area contributed by atoms with E-state index in [0.717, 1.165) is 11.6 Å². The minimum Gasteiger partial charge on any atom is -0.508 e. The third-order valence-electron chi connectivity index (χ3n) is 3.77. The Hall–Kier alpha value is -1.85. The normalized spacial score (nSPS) is 18.2. The first-order chi connectivity index (χ1) is 10.3. The van der Waals surface area contributed by atoms with Crippen LogP contribution in [-0.2, 0) is 0 Å². The van der Waals surface area contributed by atoms with Gasteiger partial charge in [0.2, 0.25) is 0 Å². The molecule has 0 radical (unpaired) electrons. The highest BCUT2D eigenvalue weighted by molar-refractivity contribution is 5.22. The molecule has 0 bridgehead atoms. The maximum Gasteiger partial charge on any atom is 0.339 e. The molecule has 0 spiro atoms. The molecule has 0 amide bonds. The summed E-state index contributed by atoms with van der Waals surface area (Å²) < 4.78 is 4.98. The van der Waals surface area contributed by atoms with Crippen LogP contribution >= 0.6 is 0 Å². The van der Waals surface area contributed by atoms with Crippen molar-refractivity contribution in [3.05, 3.63) is 52.1 Å². The zero-order chi connectivity index (χ0) is 16.9. The largest absolute Gasteiger partial charge is 0.508 e. The number of rotatable bonds is 6. The average molecular weight is 308 g/mol. The summed E-state index contributed by atoms with van der Waals surface area (Å²) in [5.74, 6) is -0.640. The van der Waals surface area contributed by atoms with E-state index in [0.29, 0.717) is 0 Å². The smallest absolute Gasteiger partial charge is 0.339 e. The van der Waals surface area contributed by atoms with E-state index in [1.807, 2.05) is 26.8 Å². The van der Waals surface area contributed by atoms with Crippen LogP contribution in [0.2, 0.25) is 0 Å². The van der Waals surface area contributed by atoms with Crippen LogP contribution in [0.3, 0.4) is 0 Å². The Labute approximate surface area is 130 Å². The molecule has 1 aromatic heterocycles. The molecule has 1 rings (SSSR count). The van der Waals surface area contributed by atoms with Crippen molar-refractivity contribution in [3.63, 3.8) is 0 Å². The number of aliphatic hydroxyl groups is 2. The Morgan fingerprint density at radius 3 is 2.41 bits per heavy atom. The molecule has 0 aromatic carbocycles. The summed E-state index contributed by atoms with van der Waals surface area (Å²) in [4.78, 5) is 11.2. The quantitative estimate of drug-likeness (QED) is 0.702. The Kier molecular flexibility index (Phi) is 6.59. The molecule has 1 heterocycles. The lowest BCUT2D eigenvalue weighted by Crippen LogP contribution is -2.19. The minimum atomic E-state index is -0.898. The highest BCUT2D eigenvalue weighted by atomic mass is 16.4. The van der Waals surface area contributed by atoms with E-state index in [1.54, 1.807) is 19.1 Å². The molecule has 4 atom stereocenters. The van der Waals surface area contributed by atoms with Gasteiger partial charge in [-0.2, -0.15) is 0 Å². The van der Waals surface area contributed by atoms with Crippen LogP contribution in [-0.4, -0.2) is 27.5 Å². The van der Waals surface area contributed by atoms with Crippen molar-refractivity contribution in [2.45, 2.75) is 45.8 Å². The SMILES string of the molecule is C/C=C(\C)C(O)C(C)/C=C/C(O)C(C)c1cc(O)cc(=O)o1. The van der Waals surface area contributed by atoms with E-state index in [2.05, 4.69) is 0 Å². The van der Waals surface area contributed by atoms with Gasteiger partial charge < -0.3 is 19.7 Å². The van der Waals surface area contributed by atoms with E-state index in [4.69, 9.17) is 4.42 Å². The fourth-order valence-electron chi connectivity index (χ4n) is 2.02. The van der Waals surface area contributed by atoms with E-state index in [1.165, 1.54) is 6.07 Å². The lowest BCUT2D eigenvalue weighted by Gasteiger charge is -2.18. The number of hydrogen-bond acceptors (Lipinski definition) is 5. The lowest BCUT2D eigenvalue weighted by molar-refractivity contribution is 0.166. The van der Waals surface area contributed by atoms with E-state index < -0.39 is 23.8 Å². The molecule has 0 aliphatic carbocycles. The molecule has 4 unspecified atom stereocenters. The Morgan fingerprint density at radius 2 is 1.86 bits per heavy atom. The maximum atomic E-state index is 11.2. The van der Waals surface area contributed by atoms with Gasteiger partial charge in [0.15, 0.2) is 0 Å². The van der Waals surface area contributed by atoms with Gasteiger partial charge in [0.05, 0.1) is 18.3 Å². The summed E-state index contributed by atoms with van der Waals surface area (Å²) in [7, 11) is 0. The van der Waals surface area contributed by atoms with Crippen molar-refractivity contribution >= 4 is 0 Å². The molecule has 0 saturated heterocycles. The maximum absolute atomic E-state index is 11.2. The van der Waals surface area contributed by atoms with Crippen molar-refractivity contribution in [3.8, 4) is 5.75 Å². The number of aromatic hydroxyl groups is 1. The van der Waals surface area contributed by atoms with Gasteiger partial charge in [-0.1, -0.05) is 32.1 Å². The zero-order valence-electron chi connectivity index (χ0n) is 13.4. The second-order valence-corrected chi connectivity index (χ2v) is 5.54. The van der Waals surface area contributed by atoms with Gasteiger partial charge in [-0.15, -0.1) is 0 Å². The van der Waals surface area contributed by atoms with E-state index in [9.17, 15) is 20.1 Å². The second-order valence-electron chi connectivity index (χ2n) is 5.54. The summed E-state index contributed by atoms with van der Waals surface area (Å²) in [5, 5.41) is 29.6. The minimum absolute atomic E-state index is 0.158. The van der Waals surface area contributed by atoms with Gasteiger partial charge in [0, 0.05) is 17.9 Å². The summed E-state index contributed by atoms with van der Waals surface area (Å²) >= 11 is 0. The first-order valence-electron chi connectivity index (χ1n) is 7.27. The monoisotopic (exact) mass is 308 g/mol. The van der Waals surface area contributed by atoms with Gasteiger partial charge in [-0.25, -0.2) is 4.79 Å². The predicted octanol–water partition coefficient (Wildman–Crippen LogP) is 2.33. The predicted molar refractivity (Wildman–Crippen MR) is 84.8 cm³/mol. The van der Waals surface area contributed by atoms with Gasteiger partial charge in [-0.05, 0) is 19.4 Å². The van der Waals surface area contributed by atoms with E-state index in [-0.39, 0.29) is 17.4 Å². The van der Waals surface area contributed by atoms with Gasteiger partial charge in [-0.3, -0.25) is 0 Å². The third-order valence-corrected chi connectivity index (χ3v) is 3.77. The van der Waals surface area contributed by atoms with Crippen LogP contribution in [0.5, 0.6) is 5.75 Å². The topological polar surface area (TPSA) is 90.9 Å². The summed E-state index contributed by atoms with van der Waals surface area (Å²) in [5.41, 5.74) is 0.198. The van der Waals surface area contributed by atoms with Crippen LogP contribution in [0.15, 0.2) is 45.1 Å². The Balaban J connectivity index is 2.81. The lowest BCUT2D eigenvalue weighted by atomic mass is 9.95. The third kappa shape index (κ3) is 4.86. The number of hydrogen-bond donors (Lipinski definition) is 3. The number of allylic oxidation sites excluding steroid dienone is 1. The molecule has 1 aromatic rings. The van der Waals surface area contributed by atoms with Crippen molar-refractivity contribution < 1.29 is 19.7 Å². The molecule has 0 fully saturated rings. The van der Waals surface area contributed by atoms with Gasteiger partial charge >= 0.3 is 5.63 Å². The van der Waals surface area contributed by atoms with Crippen molar-refractivity contribution in [1.82, 2.24) is 0 Å². The molecular weight excluding hydrogens is 284 g/mol. The standard InChI is InChI=1S/C17H24O5/c1-5-10(2)17(21)11(3)6-7-14(19)12(4)15-8-13(18)9-16(20)22-15/h5-9,11-12,14,17-19,21H,1-4H3/b7-6+,10-5+. The highest BCUT2D eigenvalue weighted by Gasteiger charge is 2.19. The fourth-order valence-corrected chi connectivity index (χ4v) is 2.02. The molecule has 0 saturated carbocycles. The molecule has 0 aliphatic rings. The molecular formula is C17H24O5. The molecule has 5 heteroatoms.